The molecule has 0 aromatic heterocycles. The van der Waals surface area contributed by atoms with Crippen molar-refractivity contribution in [2.75, 3.05) is 39.9 Å². The summed E-state index contributed by atoms with van der Waals surface area (Å²) in [6.07, 6.45) is 0.979. The van der Waals surface area contributed by atoms with Crippen LogP contribution in [0.2, 0.25) is 0 Å². The lowest BCUT2D eigenvalue weighted by molar-refractivity contribution is 0.0600. The summed E-state index contributed by atoms with van der Waals surface area (Å²) in [6, 6.07) is 7.70. The van der Waals surface area contributed by atoms with Gasteiger partial charge in [-0.25, -0.2) is 4.79 Å². The molecule has 0 amide bonds. The predicted molar refractivity (Wildman–Crippen MR) is 81.8 cm³/mol. The number of hydrogen-bond donors (Lipinski definition) is 1. The Morgan fingerprint density at radius 1 is 1.48 bits per heavy atom. The fourth-order valence-electron chi connectivity index (χ4n) is 2.50. The molecule has 0 saturated carbocycles. The van der Waals surface area contributed by atoms with E-state index in [1.54, 1.807) is 18.2 Å². The third-order valence-corrected chi connectivity index (χ3v) is 3.75. The topological polar surface area (TPSA) is 50.8 Å². The Bertz CT molecular complexity index is 465. The Morgan fingerprint density at radius 2 is 2.33 bits per heavy atom. The Morgan fingerprint density at radius 3 is 3.10 bits per heavy atom. The van der Waals surface area contributed by atoms with Crippen molar-refractivity contribution in [3.05, 3.63) is 29.8 Å². The van der Waals surface area contributed by atoms with Crippen molar-refractivity contribution in [1.29, 1.82) is 0 Å². The average Bonchev–Trinajstić information content (AvgIpc) is 2.52. The molecule has 1 aliphatic rings. The number of rotatable bonds is 6. The van der Waals surface area contributed by atoms with E-state index < -0.39 is 0 Å². The van der Waals surface area contributed by atoms with Gasteiger partial charge in [-0.05, 0) is 31.5 Å². The van der Waals surface area contributed by atoms with Gasteiger partial charge in [0, 0.05) is 32.2 Å². The summed E-state index contributed by atoms with van der Waals surface area (Å²) in [4.78, 5) is 13.9. The Kier molecular flexibility index (Phi) is 6.02. The molecule has 1 aliphatic heterocycles. The second kappa shape index (κ2) is 8.00. The number of piperazine rings is 1. The highest BCUT2D eigenvalue weighted by atomic mass is 16.5. The summed E-state index contributed by atoms with van der Waals surface area (Å²) in [6.45, 7) is 7.15. The molecule has 1 atom stereocenters. The number of carbonyl (C=O) groups excluding carboxylic acids is 1. The van der Waals surface area contributed by atoms with Gasteiger partial charge in [-0.3, -0.25) is 4.90 Å². The van der Waals surface area contributed by atoms with Crippen LogP contribution in [-0.2, 0) is 4.74 Å². The Balaban J connectivity index is 1.74. The standard InChI is InChI=1S/C16H24N2O3/c1-13-12-17-7-9-18(13)8-4-10-21-15-6-3-5-14(11-15)16(19)20-2/h3,5-6,11,13,17H,4,7-10,12H2,1-2H3/t13-/m0/s1. The van der Waals surface area contributed by atoms with Crippen LogP contribution in [0.1, 0.15) is 23.7 Å². The van der Waals surface area contributed by atoms with Gasteiger partial charge in [-0.1, -0.05) is 6.07 Å². The van der Waals surface area contributed by atoms with Crippen LogP contribution >= 0.6 is 0 Å². The lowest BCUT2D eigenvalue weighted by Gasteiger charge is -2.33. The van der Waals surface area contributed by atoms with Crippen LogP contribution < -0.4 is 10.1 Å². The molecule has 0 aliphatic carbocycles. The second-order valence-electron chi connectivity index (χ2n) is 5.31. The minimum atomic E-state index is -0.338. The summed E-state index contributed by atoms with van der Waals surface area (Å²) in [7, 11) is 1.38. The maximum absolute atomic E-state index is 11.4. The minimum absolute atomic E-state index is 0.338. The summed E-state index contributed by atoms with van der Waals surface area (Å²) in [5, 5.41) is 3.39. The zero-order chi connectivity index (χ0) is 15.1. The minimum Gasteiger partial charge on any atom is -0.494 e. The van der Waals surface area contributed by atoms with Crippen LogP contribution in [0.3, 0.4) is 0 Å². The number of carbonyl (C=O) groups is 1. The van der Waals surface area contributed by atoms with Gasteiger partial charge in [-0.15, -0.1) is 0 Å². The van der Waals surface area contributed by atoms with Crippen molar-refractivity contribution >= 4 is 5.97 Å². The van der Waals surface area contributed by atoms with Crippen LogP contribution in [0.15, 0.2) is 24.3 Å². The van der Waals surface area contributed by atoms with Crippen molar-refractivity contribution in [3.63, 3.8) is 0 Å². The first kappa shape index (κ1) is 15.8. The monoisotopic (exact) mass is 292 g/mol. The third kappa shape index (κ3) is 4.72. The van der Waals surface area contributed by atoms with Gasteiger partial charge in [0.05, 0.1) is 19.3 Å². The molecule has 21 heavy (non-hydrogen) atoms. The molecule has 5 nitrogen and oxygen atoms in total. The summed E-state index contributed by atoms with van der Waals surface area (Å²) in [5.74, 6) is 0.376. The van der Waals surface area contributed by atoms with Crippen molar-refractivity contribution in [3.8, 4) is 5.75 Å². The number of nitrogens with one attached hydrogen (secondary N) is 1. The van der Waals surface area contributed by atoms with E-state index in [0.29, 0.717) is 24.0 Å². The van der Waals surface area contributed by atoms with Gasteiger partial charge in [0.25, 0.3) is 0 Å². The summed E-state index contributed by atoms with van der Waals surface area (Å²) < 4.78 is 10.4. The van der Waals surface area contributed by atoms with E-state index in [0.717, 1.165) is 32.6 Å². The number of benzene rings is 1. The molecule has 116 valence electrons. The number of hydrogen-bond acceptors (Lipinski definition) is 5. The van der Waals surface area contributed by atoms with E-state index in [9.17, 15) is 4.79 Å². The Labute approximate surface area is 126 Å². The smallest absolute Gasteiger partial charge is 0.337 e. The number of ether oxygens (including phenoxy) is 2. The molecular weight excluding hydrogens is 268 g/mol. The molecule has 1 heterocycles. The molecule has 1 aromatic carbocycles. The number of nitrogens with zero attached hydrogens (tertiary/aromatic N) is 1. The SMILES string of the molecule is COC(=O)c1cccc(OCCCN2CCNC[C@@H]2C)c1. The molecule has 5 heteroatoms. The van der Waals surface area contributed by atoms with Gasteiger partial charge in [0.15, 0.2) is 0 Å². The second-order valence-corrected chi connectivity index (χ2v) is 5.31. The lowest BCUT2D eigenvalue weighted by Crippen LogP contribution is -2.50. The van der Waals surface area contributed by atoms with E-state index in [-0.39, 0.29) is 5.97 Å². The number of methoxy groups -OCH3 is 1. The maximum atomic E-state index is 11.4. The van der Waals surface area contributed by atoms with Gasteiger partial charge in [0.2, 0.25) is 0 Å². The summed E-state index contributed by atoms with van der Waals surface area (Å²) >= 11 is 0. The molecular formula is C16H24N2O3. The van der Waals surface area contributed by atoms with E-state index in [2.05, 4.69) is 17.1 Å². The molecule has 2 rings (SSSR count). The quantitative estimate of drug-likeness (QED) is 0.636. The summed E-state index contributed by atoms with van der Waals surface area (Å²) in [5.41, 5.74) is 0.519. The third-order valence-electron chi connectivity index (χ3n) is 3.75. The molecule has 1 aromatic rings. The zero-order valence-electron chi connectivity index (χ0n) is 12.8. The van der Waals surface area contributed by atoms with Crippen LogP contribution in [0, 0.1) is 0 Å². The van der Waals surface area contributed by atoms with E-state index >= 15 is 0 Å². The first-order chi connectivity index (χ1) is 10.2. The first-order valence-electron chi connectivity index (χ1n) is 7.46. The molecule has 0 unspecified atom stereocenters. The predicted octanol–water partition coefficient (Wildman–Crippen LogP) is 1.54. The molecule has 1 fully saturated rings. The fourth-order valence-corrected chi connectivity index (χ4v) is 2.50. The first-order valence-corrected chi connectivity index (χ1v) is 7.46. The van der Waals surface area contributed by atoms with Crippen molar-refractivity contribution < 1.29 is 14.3 Å². The highest BCUT2D eigenvalue weighted by Gasteiger charge is 2.16. The fraction of sp³-hybridized carbons (Fsp3) is 0.562. The van der Waals surface area contributed by atoms with Gasteiger partial charge < -0.3 is 14.8 Å². The van der Waals surface area contributed by atoms with Crippen LogP contribution in [0.25, 0.3) is 0 Å². The van der Waals surface area contributed by atoms with E-state index in [1.807, 2.05) is 6.07 Å². The molecule has 1 saturated heterocycles. The van der Waals surface area contributed by atoms with E-state index in [1.165, 1.54) is 7.11 Å². The average molecular weight is 292 g/mol. The molecule has 0 spiro atoms. The van der Waals surface area contributed by atoms with Crippen molar-refractivity contribution in [2.45, 2.75) is 19.4 Å². The highest BCUT2D eigenvalue weighted by Crippen LogP contribution is 2.14. The van der Waals surface area contributed by atoms with Gasteiger partial charge in [-0.2, -0.15) is 0 Å². The molecule has 0 radical (unpaired) electrons. The largest absolute Gasteiger partial charge is 0.494 e. The normalized spacial score (nSPS) is 19.2. The van der Waals surface area contributed by atoms with Crippen LogP contribution in [0.5, 0.6) is 5.75 Å². The molecule has 0 bridgehead atoms. The number of esters is 1. The lowest BCUT2D eigenvalue weighted by atomic mass is 10.2. The highest BCUT2D eigenvalue weighted by molar-refractivity contribution is 5.89. The van der Waals surface area contributed by atoms with Crippen LogP contribution in [-0.4, -0.2) is 56.8 Å². The van der Waals surface area contributed by atoms with Crippen LogP contribution in [0.4, 0.5) is 0 Å². The van der Waals surface area contributed by atoms with Crippen molar-refractivity contribution in [1.82, 2.24) is 10.2 Å². The van der Waals surface area contributed by atoms with Gasteiger partial charge in [0.1, 0.15) is 5.75 Å². The van der Waals surface area contributed by atoms with Crippen molar-refractivity contribution in [2.24, 2.45) is 0 Å². The maximum Gasteiger partial charge on any atom is 0.337 e. The Hall–Kier alpha value is -1.59. The molecule has 1 N–H and O–H groups in total. The zero-order valence-corrected chi connectivity index (χ0v) is 12.8. The van der Waals surface area contributed by atoms with E-state index in [4.69, 9.17) is 9.47 Å². The van der Waals surface area contributed by atoms with Gasteiger partial charge >= 0.3 is 5.97 Å².